The number of hydrogen-bond acceptors (Lipinski definition) is 5. The van der Waals surface area contributed by atoms with E-state index in [-0.39, 0.29) is 0 Å². The quantitative estimate of drug-likeness (QED) is 0.873. The second-order valence-corrected chi connectivity index (χ2v) is 5.17. The Morgan fingerprint density at radius 2 is 2.29 bits per heavy atom. The molecule has 0 aliphatic heterocycles. The molecule has 5 heteroatoms. The number of thiazole rings is 2. The second-order valence-electron chi connectivity index (χ2n) is 2.99. The molecule has 0 aromatic carbocycles. The molecule has 0 saturated carbocycles. The molecule has 0 fully saturated rings. The van der Waals surface area contributed by atoms with Gasteiger partial charge in [0.1, 0.15) is 0 Å². The van der Waals surface area contributed by atoms with E-state index < -0.39 is 0 Å². The summed E-state index contributed by atoms with van der Waals surface area (Å²) >= 11 is 3.35. The third-order valence-corrected chi connectivity index (χ3v) is 3.53. The summed E-state index contributed by atoms with van der Waals surface area (Å²) in [5, 5.41) is 7.40. The highest BCUT2D eigenvalue weighted by atomic mass is 32.1. The summed E-state index contributed by atoms with van der Waals surface area (Å²) < 4.78 is 0. The SMILES string of the molecule is Cc1csc(NCc2cnc(C)s2)n1. The molecule has 0 spiro atoms. The summed E-state index contributed by atoms with van der Waals surface area (Å²) in [6.07, 6.45) is 1.91. The molecule has 14 heavy (non-hydrogen) atoms. The maximum atomic E-state index is 4.32. The summed E-state index contributed by atoms with van der Waals surface area (Å²) in [4.78, 5) is 9.77. The minimum Gasteiger partial charge on any atom is -0.357 e. The van der Waals surface area contributed by atoms with Gasteiger partial charge in [-0.3, -0.25) is 0 Å². The van der Waals surface area contributed by atoms with Crippen LogP contribution in [-0.4, -0.2) is 9.97 Å². The maximum Gasteiger partial charge on any atom is 0.183 e. The second kappa shape index (κ2) is 4.06. The summed E-state index contributed by atoms with van der Waals surface area (Å²) in [6, 6.07) is 0. The van der Waals surface area contributed by atoms with Gasteiger partial charge in [0.15, 0.2) is 5.13 Å². The van der Waals surface area contributed by atoms with E-state index in [1.807, 2.05) is 25.4 Å². The number of anilines is 1. The highest BCUT2D eigenvalue weighted by Gasteiger charge is 2.00. The molecule has 0 bridgehead atoms. The van der Waals surface area contributed by atoms with Crippen LogP contribution in [0.4, 0.5) is 5.13 Å². The molecular formula is C9H11N3S2. The average Bonchev–Trinajstić information content (AvgIpc) is 2.72. The normalized spacial score (nSPS) is 10.4. The van der Waals surface area contributed by atoms with Crippen LogP contribution < -0.4 is 5.32 Å². The number of aryl methyl sites for hydroxylation is 2. The molecule has 1 N–H and O–H groups in total. The van der Waals surface area contributed by atoms with E-state index in [1.165, 1.54) is 4.88 Å². The van der Waals surface area contributed by atoms with Crippen molar-refractivity contribution < 1.29 is 0 Å². The minimum absolute atomic E-state index is 0.818. The van der Waals surface area contributed by atoms with Crippen LogP contribution in [0, 0.1) is 13.8 Å². The van der Waals surface area contributed by atoms with Crippen molar-refractivity contribution in [1.82, 2.24) is 9.97 Å². The first kappa shape index (κ1) is 9.61. The van der Waals surface area contributed by atoms with Gasteiger partial charge < -0.3 is 5.32 Å². The van der Waals surface area contributed by atoms with Gasteiger partial charge in [-0.15, -0.1) is 22.7 Å². The summed E-state index contributed by atoms with van der Waals surface area (Å²) in [5.74, 6) is 0. The molecule has 3 nitrogen and oxygen atoms in total. The Bertz CT molecular complexity index is 379. The minimum atomic E-state index is 0.818. The molecule has 0 aliphatic carbocycles. The van der Waals surface area contributed by atoms with Crippen molar-refractivity contribution in [3.8, 4) is 0 Å². The number of nitrogens with one attached hydrogen (secondary N) is 1. The third kappa shape index (κ3) is 2.30. The van der Waals surface area contributed by atoms with Crippen molar-refractivity contribution in [1.29, 1.82) is 0 Å². The lowest BCUT2D eigenvalue weighted by Crippen LogP contribution is -1.96. The Morgan fingerprint density at radius 1 is 1.43 bits per heavy atom. The Labute approximate surface area is 90.9 Å². The van der Waals surface area contributed by atoms with Gasteiger partial charge in [-0.05, 0) is 13.8 Å². The van der Waals surface area contributed by atoms with Gasteiger partial charge in [0, 0.05) is 16.5 Å². The van der Waals surface area contributed by atoms with Crippen molar-refractivity contribution in [3.05, 3.63) is 27.2 Å². The number of rotatable bonds is 3. The van der Waals surface area contributed by atoms with Crippen molar-refractivity contribution in [2.24, 2.45) is 0 Å². The molecule has 0 aliphatic rings. The standard InChI is InChI=1S/C9H11N3S2/c1-6-5-13-9(12-6)11-4-8-3-10-7(2)14-8/h3,5H,4H2,1-2H3,(H,11,12). The summed E-state index contributed by atoms with van der Waals surface area (Å²) in [6.45, 7) is 4.83. The molecule has 0 saturated heterocycles. The summed E-state index contributed by atoms with van der Waals surface area (Å²) in [5.41, 5.74) is 1.07. The molecule has 2 heterocycles. The van der Waals surface area contributed by atoms with Crippen LogP contribution in [0.2, 0.25) is 0 Å². The van der Waals surface area contributed by atoms with Crippen LogP contribution in [0.15, 0.2) is 11.6 Å². The summed E-state index contributed by atoms with van der Waals surface area (Å²) in [7, 11) is 0. The molecule has 2 rings (SSSR count). The first-order valence-corrected chi connectivity index (χ1v) is 6.01. The topological polar surface area (TPSA) is 37.8 Å². The molecular weight excluding hydrogens is 214 g/mol. The van der Waals surface area contributed by atoms with E-state index in [0.717, 1.165) is 22.4 Å². The smallest absolute Gasteiger partial charge is 0.183 e. The number of aromatic nitrogens is 2. The van der Waals surface area contributed by atoms with E-state index in [4.69, 9.17) is 0 Å². The zero-order valence-corrected chi connectivity index (χ0v) is 9.71. The zero-order chi connectivity index (χ0) is 9.97. The van der Waals surface area contributed by atoms with E-state index in [0.29, 0.717) is 0 Å². The fourth-order valence-electron chi connectivity index (χ4n) is 1.08. The van der Waals surface area contributed by atoms with Crippen molar-refractivity contribution in [2.45, 2.75) is 20.4 Å². The first-order valence-electron chi connectivity index (χ1n) is 4.31. The molecule has 2 aromatic heterocycles. The largest absolute Gasteiger partial charge is 0.357 e. The van der Waals surface area contributed by atoms with Crippen LogP contribution in [0.25, 0.3) is 0 Å². The molecule has 74 valence electrons. The van der Waals surface area contributed by atoms with E-state index in [1.54, 1.807) is 22.7 Å². The predicted octanol–water partition coefficient (Wildman–Crippen LogP) is 2.83. The first-order chi connectivity index (χ1) is 6.74. The van der Waals surface area contributed by atoms with E-state index >= 15 is 0 Å². The van der Waals surface area contributed by atoms with Crippen LogP contribution in [0.3, 0.4) is 0 Å². The Hall–Kier alpha value is -0.940. The molecule has 0 atom stereocenters. The van der Waals surface area contributed by atoms with Crippen LogP contribution in [-0.2, 0) is 6.54 Å². The lowest BCUT2D eigenvalue weighted by Gasteiger charge is -1.97. The van der Waals surface area contributed by atoms with Gasteiger partial charge in [0.25, 0.3) is 0 Å². The van der Waals surface area contributed by atoms with Gasteiger partial charge in [0.05, 0.1) is 17.2 Å². The van der Waals surface area contributed by atoms with E-state index in [9.17, 15) is 0 Å². The van der Waals surface area contributed by atoms with Crippen LogP contribution in [0.1, 0.15) is 15.6 Å². The van der Waals surface area contributed by atoms with Gasteiger partial charge in [-0.25, -0.2) is 9.97 Å². The number of nitrogens with zero attached hydrogens (tertiary/aromatic N) is 2. The Balaban J connectivity index is 1.94. The Morgan fingerprint density at radius 3 is 2.86 bits per heavy atom. The van der Waals surface area contributed by atoms with Crippen molar-refractivity contribution in [2.75, 3.05) is 5.32 Å². The predicted molar refractivity (Wildman–Crippen MR) is 61.0 cm³/mol. The monoisotopic (exact) mass is 225 g/mol. The average molecular weight is 225 g/mol. The van der Waals surface area contributed by atoms with Gasteiger partial charge in [-0.1, -0.05) is 0 Å². The molecule has 0 amide bonds. The fourth-order valence-corrected chi connectivity index (χ4v) is 2.51. The molecule has 0 unspecified atom stereocenters. The highest BCUT2D eigenvalue weighted by Crippen LogP contribution is 2.17. The molecule has 2 aromatic rings. The van der Waals surface area contributed by atoms with Crippen molar-refractivity contribution in [3.63, 3.8) is 0 Å². The van der Waals surface area contributed by atoms with Crippen molar-refractivity contribution >= 4 is 27.8 Å². The Kier molecular flexibility index (Phi) is 2.79. The fraction of sp³-hybridized carbons (Fsp3) is 0.333. The maximum absolute atomic E-state index is 4.32. The lowest BCUT2D eigenvalue weighted by molar-refractivity contribution is 1.14. The van der Waals surface area contributed by atoms with Gasteiger partial charge in [0.2, 0.25) is 0 Å². The molecule has 0 radical (unpaired) electrons. The van der Waals surface area contributed by atoms with Crippen LogP contribution >= 0.6 is 22.7 Å². The zero-order valence-electron chi connectivity index (χ0n) is 8.07. The van der Waals surface area contributed by atoms with Gasteiger partial charge in [-0.2, -0.15) is 0 Å². The van der Waals surface area contributed by atoms with Crippen LogP contribution in [0.5, 0.6) is 0 Å². The third-order valence-electron chi connectivity index (χ3n) is 1.70. The lowest BCUT2D eigenvalue weighted by atomic mass is 10.5. The van der Waals surface area contributed by atoms with E-state index in [2.05, 4.69) is 15.3 Å². The number of hydrogen-bond donors (Lipinski definition) is 1. The van der Waals surface area contributed by atoms with Gasteiger partial charge >= 0.3 is 0 Å². The highest BCUT2D eigenvalue weighted by molar-refractivity contribution is 7.13.